The van der Waals surface area contributed by atoms with Gasteiger partial charge in [0.25, 0.3) is 0 Å². The molecular formula is C24H33N5O3. The van der Waals surface area contributed by atoms with Gasteiger partial charge in [-0.2, -0.15) is 4.98 Å². The van der Waals surface area contributed by atoms with Gasteiger partial charge in [0.1, 0.15) is 0 Å². The fourth-order valence-corrected chi connectivity index (χ4v) is 5.73. The lowest BCUT2D eigenvalue weighted by Crippen LogP contribution is -2.62. The summed E-state index contributed by atoms with van der Waals surface area (Å²) in [6, 6.07) is 12.3. The second-order valence-corrected chi connectivity index (χ2v) is 9.40. The van der Waals surface area contributed by atoms with E-state index >= 15 is 0 Å². The highest BCUT2D eigenvalue weighted by Gasteiger charge is 2.43. The Labute approximate surface area is 189 Å². The molecule has 0 N–H and O–H groups in total. The van der Waals surface area contributed by atoms with E-state index in [1.807, 2.05) is 25.1 Å². The zero-order chi connectivity index (χ0) is 22.1. The normalized spacial score (nSPS) is 26.8. The Balaban J connectivity index is 1.20. The number of morpholine rings is 1. The molecule has 1 amide bonds. The molecule has 0 saturated carbocycles. The topological polar surface area (TPSA) is 74.9 Å². The number of hydrogen-bond acceptors (Lipinski definition) is 7. The van der Waals surface area contributed by atoms with E-state index in [0.717, 1.165) is 38.8 Å². The molecule has 3 aliphatic heterocycles. The number of piperidine rings is 2. The fourth-order valence-electron chi connectivity index (χ4n) is 5.73. The third-order valence-corrected chi connectivity index (χ3v) is 7.29. The number of benzene rings is 1. The van der Waals surface area contributed by atoms with Gasteiger partial charge in [0.05, 0.1) is 25.3 Å². The van der Waals surface area contributed by atoms with Gasteiger partial charge in [0.2, 0.25) is 5.91 Å². The Hall–Kier alpha value is -2.45. The van der Waals surface area contributed by atoms with Crippen LogP contribution in [0.2, 0.25) is 0 Å². The highest BCUT2D eigenvalue weighted by Crippen LogP contribution is 2.35. The molecule has 5 rings (SSSR count). The van der Waals surface area contributed by atoms with Crippen LogP contribution >= 0.6 is 0 Å². The molecule has 32 heavy (non-hydrogen) atoms. The molecule has 2 bridgehead atoms. The summed E-state index contributed by atoms with van der Waals surface area (Å²) in [4.78, 5) is 23.9. The van der Waals surface area contributed by atoms with Crippen LogP contribution in [-0.4, -0.2) is 76.3 Å². The van der Waals surface area contributed by atoms with E-state index in [1.54, 1.807) is 6.92 Å². The summed E-state index contributed by atoms with van der Waals surface area (Å²) in [5.74, 6) is 0.843. The van der Waals surface area contributed by atoms with Crippen LogP contribution in [0, 0.1) is 6.92 Å². The van der Waals surface area contributed by atoms with Gasteiger partial charge in [-0.05, 0) is 38.2 Å². The van der Waals surface area contributed by atoms with Gasteiger partial charge in [-0.3, -0.25) is 4.79 Å². The van der Waals surface area contributed by atoms with Crippen molar-refractivity contribution in [1.82, 2.24) is 19.9 Å². The summed E-state index contributed by atoms with van der Waals surface area (Å²) in [6.07, 6.45) is 4.15. The number of nitrogens with zero attached hydrogens (tertiary/aromatic N) is 5. The summed E-state index contributed by atoms with van der Waals surface area (Å²) < 4.78 is 11.4. The number of amides is 1. The average molecular weight is 440 g/mol. The molecule has 3 fully saturated rings. The van der Waals surface area contributed by atoms with Gasteiger partial charge < -0.3 is 24.0 Å². The number of hydrogen-bond donors (Lipinski definition) is 0. The summed E-state index contributed by atoms with van der Waals surface area (Å²) >= 11 is 0. The molecule has 1 aromatic carbocycles. The van der Waals surface area contributed by atoms with Gasteiger partial charge in [0.15, 0.2) is 5.82 Å². The van der Waals surface area contributed by atoms with Gasteiger partial charge >= 0.3 is 6.01 Å². The van der Waals surface area contributed by atoms with E-state index in [-0.39, 0.29) is 18.0 Å². The Morgan fingerprint density at radius 2 is 1.78 bits per heavy atom. The lowest BCUT2D eigenvalue weighted by atomic mass is 9.88. The van der Waals surface area contributed by atoms with Crippen LogP contribution in [0.25, 0.3) is 0 Å². The summed E-state index contributed by atoms with van der Waals surface area (Å²) in [6.45, 7) is 7.75. The SMILES string of the molecule is CC(=O)N(Cc1ccccc1)C1CCN(C2CC3COCC(C2)N3c2nc(C)no2)CC1. The first-order valence-electron chi connectivity index (χ1n) is 11.8. The van der Waals surface area contributed by atoms with Crippen molar-refractivity contribution < 1.29 is 14.1 Å². The third kappa shape index (κ3) is 4.38. The van der Waals surface area contributed by atoms with E-state index in [1.165, 1.54) is 5.56 Å². The Kier molecular flexibility index (Phi) is 6.15. The molecule has 1 aromatic heterocycles. The molecule has 3 saturated heterocycles. The van der Waals surface area contributed by atoms with Crippen LogP contribution < -0.4 is 4.90 Å². The van der Waals surface area contributed by atoms with Crippen LogP contribution in [0.1, 0.15) is 44.0 Å². The molecule has 2 unspecified atom stereocenters. The van der Waals surface area contributed by atoms with Crippen LogP contribution in [0.4, 0.5) is 6.01 Å². The van der Waals surface area contributed by atoms with Crippen LogP contribution in [0.3, 0.4) is 0 Å². The maximum Gasteiger partial charge on any atom is 0.324 e. The number of likely N-dealkylation sites (tertiary alicyclic amines) is 1. The molecule has 3 aliphatic rings. The largest absolute Gasteiger partial charge is 0.377 e. The van der Waals surface area contributed by atoms with Gasteiger partial charge in [-0.1, -0.05) is 35.5 Å². The van der Waals surface area contributed by atoms with E-state index in [4.69, 9.17) is 9.26 Å². The lowest BCUT2D eigenvalue weighted by molar-refractivity contribution is -0.133. The minimum Gasteiger partial charge on any atom is -0.377 e. The van der Waals surface area contributed by atoms with Crippen LogP contribution in [0.15, 0.2) is 34.9 Å². The first-order chi connectivity index (χ1) is 15.6. The third-order valence-electron chi connectivity index (χ3n) is 7.29. The van der Waals surface area contributed by atoms with Crippen molar-refractivity contribution in [2.24, 2.45) is 0 Å². The average Bonchev–Trinajstić information content (AvgIpc) is 3.23. The highest BCUT2D eigenvalue weighted by atomic mass is 16.5. The number of aryl methyl sites for hydroxylation is 1. The van der Waals surface area contributed by atoms with Gasteiger partial charge in [0, 0.05) is 38.6 Å². The van der Waals surface area contributed by atoms with Crippen molar-refractivity contribution in [3.05, 3.63) is 41.7 Å². The minimum atomic E-state index is 0.169. The van der Waals surface area contributed by atoms with Crippen molar-refractivity contribution in [2.45, 2.75) is 70.2 Å². The van der Waals surface area contributed by atoms with Gasteiger partial charge in [-0.25, -0.2) is 0 Å². The number of anilines is 1. The smallest absolute Gasteiger partial charge is 0.324 e. The van der Waals surface area contributed by atoms with E-state index in [0.29, 0.717) is 43.7 Å². The molecule has 2 atom stereocenters. The zero-order valence-electron chi connectivity index (χ0n) is 19.0. The van der Waals surface area contributed by atoms with Crippen molar-refractivity contribution in [1.29, 1.82) is 0 Å². The minimum absolute atomic E-state index is 0.169. The molecule has 0 spiro atoms. The van der Waals surface area contributed by atoms with E-state index in [2.05, 4.69) is 37.0 Å². The number of aromatic nitrogens is 2. The summed E-state index contributed by atoms with van der Waals surface area (Å²) in [5, 5.41) is 3.99. The molecule has 4 heterocycles. The van der Waals surface area contributed by atoms with Crippen LogP contribution in [-0.2, 0) is 16.1 Å². The second-order valence-electron chi connectivity index (χ2n) is 9.40. The number of carbonyl (C=O) groups is 1. The zero-order valence-corrected chi connectivity index (χ0v) is 19.0. The molecule has 2 aromatic rings. The van der Waals surface area contributed by atoms with Crippen LogP contribution in [0.5, 0.6) is 0 Å². The molecule has 8 nitrogen and oxygen atoms in total. The predicted molar refractivity (Wildman–Crippen MR) is 120 cm³/mol. The highest BCUT2D eigenvalue weighted by molar-refractivity contribution is 5.73. The predicted octanol–water partition coefficient (Wildman–Crippen LogP) is 2.63. The Morgan fingerprint density at radius 3 is 2.38 bits per heavy atom. The number of ether oxygens (including phenoxy) is 1. The summed E-state index contributed by atoms with van der Waals surface area (Å²) in [5.41, 5.74) is 1.20. The van der Waals surface area contributed by atoms with Crippen molar-refractivity contribution >= 4 is 11.9 Å². The van der Waals surface area contributed by atoms with Crippen molar-refractivity contribution in [3.63, 3.8) is 0 Å². The molecule has 0 radical (unpaired) electrons. The number of carbonyl (C=O) groups excluding carboxylic acids is 1. The maximum atomic E-state index is 12.4. The first-order valence-corrected chi connectivity index (χ1v) is 11.8. The van der Waals surface area contributed by atoms with Crippen molar-refractivity contribution in [3.8, 4) is 0 Å². The number of rotatable bonds is 5. The Morgan fingerprint density at radius 1 is 1.09 bits per heavy atom. The monoisotopic (exact) mass is 439 g/mol. The molecular weight excluding hydrogens is 406 g/mol. The first kappa shape index (κ1) is 21.4. The number of fused-ring (bicyclic) bond motifs is 2. The van der Waals surface area contributed by atoms with Crippen molar-refractivity contribution in [2.75, 3.05) is 31.2 Å². The van der Waals surface area contributed by atoms with E-state index in [9.17, 15) is 4.79 Å². The maximum absolute atomic E-state index is 12.4. The fraction of sp³-hybridized carbons (Fsp3) is 0.625. The quantitative estimate of drug-likeness (QED) is 0.709. The lowest BCUT2D eigenvalue weighted by Gasteiger charge is -2.51. The molecule has 0 aliphatic carbocycles. The van der Waals surface area contributed by atoms with E-state index < -0.39 is 0 Å². The molecule has 8 heteroatoms. The Bertz CT molecular complexity index is 897. The summed E-state index contributed by atoms with van der Waals surface area (Å²) in [7, 11) is 0. The molecule has 172 valence electrons. The van der Waals surface area contributed by atoms with Gasteiger partial charge in [-0.15, -0.1) is 0 Å². The second kappa shape index (κ2) is 9.19. The standard InChI is InChI=1S/C24H33N5O3/c1-17-25-24(32-26-17)29-22-12-21(13-23(29)16-31-15-22)27-10-8-20(9-11-27)28(18(2)30)14-19-6-4-3-5-7-19/h3-7,20-23H,8-16H2,1-2H3.